The van der Waals surface area contributed by atoms with E-state index in [0.29, 0.717) is 17.8 Å². The molecule has 0 saturated heterocycles. The Kier molecular flexibility index (Phi) is 4.93. The van der Waals surface area contributed by atoms with E-state index in [1.165, 1.54) is 6.42 Å². The summed E-state index contributed by atoms with van der Waals surface area (Å²) in [7, 11) is 1.91. The van der Waals surface area contributed by atoms with Crippen molar-refractivity contribution in [2.24, 2.45) is 0 Å². The highest BCUT2D eigenvalue weighted by Gasteiger charge is 2.29. The highest BCUT2D eigenvalue weighted by molar-refractivity contribution is 7.99. The highest BCUT2D eigenvalue weighted by atomic mass is 32.2. The molecule has 7 heteroatoms. The summed E-state index contributed by atoms with van der Waals surface area (Å²) in [5.41, 5.74) is 0.902. The van der Waals surface area contributed by atoms with Crippen LogP contribution in [0.2, 0.25) is 0 Å². The summed E-state index contributed by atoms with van der Waals surface area (Å²) in [6.45, 7) is 2.68. The van der Waals surface area contributed by atoms with Crippen molar-refractivity contribution in [2.75, 3.05) is 12.8 Å². The first-order chi connectivity index (χ1) is 10.7. The van der Waals surface area contributed by atoms with E-state index < -0.39 is 0 Å². The van der Waals surface area contributed by atoms with Crippen LogP contribution in [0.5, 0.6) is 0 Å². The van der Waals surface area contributed by atoms with Crippen LogP contribution < -0.4 is 5.32 Å². The molecule has 5 nitrogen and oxygen atoms in total. The van der Waals surface area contributed by atoms with E-state index in [1.54, 1.807) is 11.3 Å². The van der Waals surface area contributed by atoms with Crippen LogP contribution in [0.4, 0.5) is 4.79 Å². The second-order valence-electron chi connectivity index (χ2n) is 5.64. The van der Waals surface area contributed by atoms with E-state index >= 15 is 0 Å². The van der Waals surface area contributed by atoms with Crippen molar-refractivity contribution < 1.29 is 4.79 Å². The van der Waals surface area contributed by atoms with Crippen LogP contribution in [0.3, 0.4) is 0 Å². The molecule has 120 valence electrons. The van der Waals surface area contributed by atoms with Crippen LogP contribution in [0.25, 0.3) is 4.96 Å². The van der Waals surface area contributed by atoms with Gasteiger partial charge < -0.3 is 10.2 Å². The van der Waals surface area contributed by atoms with Gasteiger partial charge in [0, 0.05) is 36.1 Å². The smallest absolute Gasteiger partial charge is 0.317 e. The van der Waals surface area contributed by atoms with Gasteiger partial charge in [-0.15, -0.1) is 11.3 Å². The van der Waals surface area contributed by atoms with Gasteiger partial charge in [0.05, 0.1) is 12.2 Å². The average Bonchev–Trinajstić information content (AvgIpc) is 3.19. The standard InChI is InChI=1S/C15H22N4OS2/c1-3-21-13-5-4-12(8-13)18(2)14(20)16-9-11-10-19-6-7-22-15(19)17-11/h6-7,10,12-13H,3-5,8-9H2,1-2H3,(H,16,20)/t12-,13+/m0/s1. The Hall–Kier alpha value is -1.21. The molecule has 1 fully saturated rings. The number of nitrogens with one attached hydrogen (secondary N) is 1. The van der Waals surface area contributed by atoms with Crippen molar-refractivity contribution in [3.8, 4) is 0 Å². The van der Waals surface area contributed by atoms with Gasteiger partial charge in [-0.1, -0.05) is 6.92 Å². The molecule has 1 N–H and O–H groups in total. The predicted molar refractivity (Wildman–Crippen MR) is 92.6 cm³/mol. The van der Waals surface area contributed by atoms with E-state index in [0.717, 1.165) is 29.2 Å². The maximum absolute atomic E-state index is 12.3. The molecule has 1 aliphatic carbocycles. The molecule has 1 saturated carbocycles. The Morgan fingerprint density at radius 1 is 1.59 bits per heavy atom. The third-order valence-corrected chi connectivity index (χ3v) is 6.19. The first kappa shape index (κ1) is 15.7. The molecule has 0 bridgehead atoms. The van der Waals surface area contributed by atoms with E-state index in [-0.39, 0.29) is 6.03 Å². The molecule has 0 aliphatic heterocycles. The minimum atomic E-state index is 0.00324. The lowest BCUT2D eigenvalue weighted by Crippen LogP contribution is -2.42. The lowest BCUT2D eigenvalue weighted by molar-refractivity contribution is 0.190. The number of rotatable bonds is 5. The molecule has 0 radical (unpaired) electrons. The molecule has 3 rings (SSSR count). The summed E-state index contributed by atoms with van der Waals surface area (Å²) in [4.78, 5) is 19.6. The van der Waals surface area contributed by atoms with E-state index in [2.05, 4.69) is 17.2 Å². The maximum Gasteiger partial charge on any atom is 0.317 e. The SMILES string of the molecule is CCS[C@@H]1CC[C@H](N(C)C(=O)NCc2cn3ccsc3n2)C1. The molecule has 2 atom stereocenters. The fraction of sp³-hybridized carbons (Fsp3) is 0.600. The third-order valence-electron chi connectivity index (χ3n) is 4.19. The van der Waals surface area contributed by atoms with Gasteiger partial charge in [-0.3, -0.25) is 4.40 Å². The number of aromatic nitrogens is 2. The van der Waals surface area contributed by atoms with Gasteiger partial charge in [-0.2, -0.15) is 11.8 Å². The second kappa shape index (κ2) is 6.91. The zero-order valence-corrected chi connectivity index (χ0v) is 14.6. The first-order valence-electron chi connectivity index (χ1n) is 7.70. The number of hydrogen-bond donors (Lipinski definition) is 1. The van der Waals surface area contributed by atoms with Crippen LogP contribution in [0.1, 0.15) is 31.9 Å². The minimum absolute atomic E-state index is 0.00324. The number of thioether (sulfide) groups is 1. The molecular weight excluding hydrogens is 316 g/mol. The third kappa shape index (κ3) is 3.41. The van der Waals surface area contributed by atoms with Gasteiger partial charge in [0.25, 0.3) is 0 Å². The predicted octanol–water partition coefficient (Wildman–Crippen LogP) is 3.21. The largest absolute Gasteiger partial charge is 0.332 e. The van der Waals surface area contributed by atoms with Crippen molar-refractivity contribution in [3.63, 3.8) is 0 Å². The van der Waals surface area contributed by atoms with E-state index in [4.69, 9.17) is 0 Å². The van der Waals surface area contributed by atoms with Crippen LogP contribution in [-0.2, 0) is 6.54 Å². The van der Waals surface area contributed by atoms with Crippen molar-refractivity contribution in [2.45, 2.75) is 44.0 Å². The Morgan fingerprint density at radius 3 is 3.23 bits per heavy atom. The Morgan fingerprint density at radius 2 is 2.45 bits per heavy atom. The molecule has 0 aromatic carbocycles. The van der Waals surface area contributed by atoms with Crippen molar-refractivity contribution in [3.05, 3.63) is 23.5 Å². The number of carbonyl (C=O) groups is 1. The summed E-state index contributed by atoms with van der Waals surface area (Å²) < 4.78 is 1.99. The molecule has 0 unspecified atom stereocenters. The highest BCUT2D eigenvalue weighted by Crippen LogP contribution is 2.32. The molecule has 2 amide bonds. The molecular formula is C15H22N4OS2. The number of nitrogens with zero attached hydrogens (tertiary/aromatic N) is 3. The topological polar surface area (TPSA) is 49.6 Å². The van der Waals surface area contributed by atoms with Crippen molar-refractivity contribution in [1.29, 1.82) is 0 Å². The van der Waals surface area contributed by atoms with Gasteiger partial charge in [0.1, 0.15) is 0 Å². The lowest BCUT2D eigenvalue weighted by Gasteiger charge is -2.24. The van der Waals surface area contributed by atoms with Crippen LogP contribution in [0.15, 0.2) is 17.8 Å². The number of hydrogen-bond acceptors (Lipinski definition) is 4. The maximum atomic E-state index is 12.3. The number of fused-ring (bicyclic) bond motifs is 1. The fourth-order valence-corrected chi connectivity index (χ4v) is 4.83. The molecule has 2 heterocycles. The van der Waals surface area contributed by atoms with Crippen molar-refractivity contribution >= 4 is 34.1 Å². The Balaban J connectivity index is 1.50. The molecule has 1 aliphatic rings. The zero-order valence-electron chi connectivity index (χ0n) is 13.0. The second-order valence-corrected chi connectivity index (χ2v) is 8.09. The van der Waals surface area contributed by atoms with E-state index in [1.807, 2.05) is 45.9 Å². The Labute approximate surface area is 139 Å². The number of carbonyl (C=O) groups excluding carboxylic acids is 1. The summed E-state index contributed by atoms with van der Waals surface area (Å²) in [5.74, 6) is 1.16. The van der Waals surface area contributed by atoms with Gasteiger partial charge in [-0.05, 0) is 25.0 Å². The fourth-order valence-electron chi connectivity index (χ4n) is 2.97. The Bertz CT molecular complexity index is 610. The van der Waals surface area contributed by atoms with Gasteiger partial charge in [-0.25, -0.2) is 9.78 Å². The molecule has 22 heavy (non-hydrogen) atoms. The monoisotopic (exact) mass is 338 g/mol. The summed E-state index contributed by atoms with van der Waals surface area (Å²) in [5, 5.41) is 5.70. The quantitative estimate of drug-likeness (QED) is 0.911. The van der Waals surface area contributed by atoms with Crippen LogP contribution >= 0.6 is 23.1 Å². The number of urea groups is 1. The van der Waals surface area contributed by atoms with Crippen LogP contribution in [0, 0.1) is 0 Å². The number of imidazole rings is 1. The van der Waals surface area contributed by atoms with Crippen molar-refractivity contribution in [1.82, 2.24) is 19.6 Å². The zero-order chi connectivity index (χ0) is 15.5. The van der Waals surface area contributed by atoms with Gasteiger partial charge in [0.2, 0.25) is 0 Å². The minimum Gasteiger partial charge on any atom is -0.332 e. The molecule has 2 aromatic rings. The van der Waals surface area contributed by atoms with Crippen LogP contribution in [-0.4, -0.2) is 44.4 Å². The molecule has 2 aromatic heterocycles. The normalized spacial score (nSPS) is 21.4. The molecule has 0 spiro atoms. The van der Waals surface area contributed by atoms with Gasteiger partial charge >= 0.3 is 6.03 Å². The summed E-state index contributed by atoms with van der Waals surface area (Å²) in [6.07, 6.45) is 7.40. The van der Waals surface area contributed by atoms with E-state index in [9.17, 15) is 4.79 Å². The first-order valence-corrected chi connectivity index (χ1v) is 9.63. The number of thiazole rings is 1. The number of amides is 2. The average molecular weight is 339 g/mol. The summed E-state index contributed by atoms with van der Waals surface area (Å²) >= 11 is 3.62. The lowest BCUT2D eigenvalue weighted by atomic mass is 10.2. The summed E-state index contributed by atoms with van der Waals surface area (Å²) in [6, 6.07) is 0.373. The van der Waals surface area contributed by atoms with Gasteiger partial charge in [0.15, 0.2) is 4.96 Å².